The quantitative estimate of drug-likeness (QED) is 0.584. The molecule has 2 rings (SSSR count). The molecule has 0 radical (unpaired) electrons. The molecule has 0 fully saturated rings. The van der Waals surface area contributed by atoms with Gasteiger partial charge in [-0.2, -0.15) is 0 Å². The molecule has 1 unspecified atom stereocenters. The maximum atomic E-state index is 13.6. The Morgan fingerprint density at radius 2 is 1.77 bits per heavy atom. The second kappa shape index (κ2) is 2.28. The zero-order valence-electron chi connectivity index (χ0n) is 7.15. The Balaban J connectivity index is 2.60. The minimum Gasteiger partial charge on any atom is -0.232 e. The summed E-state index contributed by atoms with van der Waals surface area (Å²) in [4.78, 5) is 0. The van der Waals surface area contributed by atoms with Crippen molar-refractivity contribution in [1.29, 1.82) is 0 Å². The molecule has 1 atom stereocenters. The predicted octanol–water partition coefficient (Wildman–Crippen LogP) is 3.06. The van der Waals surface area contributed by atoms with E-state index >= 15 is 0 Å². The van der Waals surface area contributed by atoms with Crippen molar-refractivity contribution in [2.75, 3.05) is 0 Å². The molecule has 0 bridgehead atoms. The van der Waals surface area contributed by atoms with Crippen molar-refractivity contribution in [3.05, 3.63) is 35.4 Å². The first-order chi connectivity index (χ1) is 5.95. The lowest BCUT2D eigenvalue weighted by molar-refractivity contribution is -0.119. The van der Waals surface area contributed by atoms with Crippen molar-refractivity contribution in [1.82, 2.24) is 0 Å². The molecule has 0 amide bonds. The topological polar surface area (TPSA) is 0 Å². The maximum Gasteiger partial charge on any atom is 0.289 e. The van der Waals surface area contributed by atoms with Crippen molar-refractivity contribution in [2.45, 2.75) is 24.9 Å². The largest absolute Gasteiger partial charge is 0.289 e. The van der Waals surface area contributed by atoms with Gasteiger partial charge in [0.2, 0.25) is 0 Å². The van der Waals surface area contributed by atoms with Crippen LogP contribution in [-0.2, 0) is 12.1 Å². The minimum atomic E-state index is -3.27. The summed E-state index contributed by atoms with van der Waals surface area (Å²) in [5.74, 6) is -3.27. The van der Waals surface area contributed by atoms with Gasteiger partial charge in [-0.15, -0.1) is 0 Å². The third-order valence-electron chi connectivity index (χ3n) is 2.62. The molecule has 3 heteroatoms. The molecule has 0 aromatic heterocycles. The SMILES string of the molecule is CC1(F)c2ccccc2CC1(F)F. The van der Waals surface area contributed by atoms with Gasteiger partial charge in [0.25, 0.3) is 5.92 Å². The van der Waals surface area contributed by atoms with E-state index in [0.717, 1.165) is 6.92 Å². The normalized spacial score (nSPS) is 30.2. The van der Waals surface area contributed by atoms with Crippen molar-refractivity contribution >= 4 is 0 Å². The van der Waals surface area contributed by atoms with Crippen LogP contribution in [0, 0.1) is 0 Å². The fraction of sp³-hybridized carbons (Fsp3) is 0.400. The second-order valence-corrected chi connectivity index (χ2v) is 3.54. The van der Waals surface area contributed by atoms with E-state index in [1.807, 2.05) is 0 Å². The molecule has 0 N–H and O–H groups in total. The summed E-state index contributed by atoms with van der Waals surface area (Å²) in [7, 11) is 0. The summed E-state index contributed by atoms with van der Waals surface area (Å²) in [6.45, 7) is 0.943. The van der Waals surface area contributed by atoms with Gasteiger partial charge in [0, 0.05) is 6.42 Å². The zero-order valence-corrected chi connectivity index (χ0v) is 7.15. The number of hydrogen-bond acceptors (Lipinski definition) is 0. The van der Waals surface area contributed by atoms with Crippen LogP contribution in [-0.4, -0.2) is 5.92 Å². The van der Waals surface area contributed by atoms with Crippen LogP contribution in [0.4, 0.5) is 13.2 Å². The predicted molar refractivity (Wildman–Crippen MR) is 43.6 cm³/mol. The fourth-order valence-corrected chi connectivity index (χ4v) is 1.73. The standard InChI is InChI=1S/C10H9F3/c1-9(11)8-5-3-2-4-7(8)6-10(9,12)13/h2-5H,6H2,1H3. The van der Waals surface area contributed by atoms with E-state index in [9.17, 15) is 13.2 Å². The number of benzene rings is 1. The molecule has 0 heterocycles. The van der Waals surface area contributed by atoms with E-state index in [1.54, 1.807) is 18.2 Å². The maximum absolute atomic E-state index is 13.6. The third-order valence-corrected chi connectivity index (χ3v) is 2.62. The number of halogens is 3. The molecule has 1 aliphatic carbocycles. The smallest absolute Gasteiger partial charge is 0.232 e. The van der Waals surface area contributed by atoms with Crippen LogP contribution in [0.5, 0.6) is 0 Å². The first-order valence-electron chi connectivity index (χ1n) is 4.10. The van der Waals surface area contributed by atoms with Crippen LogP contribution in [0.3, 0.4) is 0 Å². The lowest BCUT2D eigenvalue weighted by Gasteiger charge is -2.22. The molecule has 0 spiro atoms. The molecule has 0 nitrogen and oxygen atoms in total. The van der Waals surface area contributed by atoms with Gasteiger partial charge in [-0.25, -0.2) is 13.2 Å². The lowest BCUT2D eigenvalue weighted by Crippen LogP contribution is -2.34. The Bertz CT molecular complexity index is 342. The van der Waals surface area contributed by atoms with E-state index in [0.29, 0.717) is 5.56 Å². The second-order valence-electron chi connectivity index (χ2n) is 3.54. The van der Waals surface area contributed by atoms with Gasteiger partial charge in [-0.3, -0.25) is 0 Å². The summed E-state index contributed by atoms with van der Waals surface area (Å²) in [6, 6.07) is 6.21. The van der Waals surface area contributed by atoms with Gasteiger partial charge in [0.15, 0.2) is 5.67 Å². The van der Waals surface area contributed by atoms with Crippen molar-refractivity contribution in [2.24, 2.45) is 0 Å². The fourth-order valence-electron chi connectivity index (χ4n) is 1.73. The molecule has 0 aliphatic heterocycles. The highest BCUT2D eigenvalue weighted by Gasteiger charge is 2.57. The molecule has 1 aromatic carbocycles. The Morgan fingerprint density at radius 1 is 1.15 bits per heavy atom. The Labute approximate surface area is 74.4 Å². The minimum absolute atomic E-state index is 0.125. The number of fused-ring (bicyclic) bond motifs is 1. The van der Waals surface area contributed by atoms with Gasteiger partial charge >= 0.3 is 0 Å². The molecular formula is C10H9F3. The van der Waals surface area contributed by atoms with E-state index in [2.05, 4.69) is 0 Å². The van der Waals surface area contributed by atoms with Crippen molar-refractivity contribution in [3.8, 4) is 0 Å². The number of rotatable bonds is 0. The zero-order chi connectivity index (χ0) is 9.69. The summed E-state index contributed by atoms with van der Waals surface area (Å²) < 4.78 is 39.9. The van der Waals surface area contributed by atoms with E-state index < -0.39 is 18.0 Å². The highest BCUT2D eigenvalue weighted by atomic mass is 19.3. The summed E-state index contributed by atoms with van der Waals surface area (Å²) in [5.41, 5.74) is -1.97. The molecule has 0 saturated heterocycles. The Kier molecular flexibility index (Phi) is 1.51. The molecule has 13 heavy (non-hydrogen) atoms. The van der Waals surface area contributed by atoms with Crippen LogP contribution in [0.25, 0.3) is 0 Å². The third kappa shape index (κ3) is 0.992. The van der Waals surface area contributed by atoms with Crippen molar-refractivity contribution in [3.63, 3.8) is 0 Å². The van der Waals surface area contributed by atoms with E-state index in [4.69, 9.17) is 0 Å². The van der Waals surface area contributed by atoms with E-state index in [1.165, 1.54) is 6.07 Å². The lowest BCUT2D eigenvalue weighted by atomic mass is 9.98. The van der Waals surface area contributed by atoms with Crippen LogP contribution in [0.15, 0.2) is 24.3 Å². The van der Waals surface area contributed by atoms with E-state index in [-0.39, 0.29) is 5.56 Å². The van der Waals surface area contributed by atoms with Gasteiger partial charge in [0.1, 0.15) is 0 Å². The van der Waals surface area contributed by atoms with Crippen LogP contribution in [0.2, 0.25) is 0 Å². The van der Waals surface area contributed by atoms with Crippen LogP contribution >= 0.6 is 0 Å². The molecule has 1 aromatic rings. The van der Waals surface area contributed by atoms with Gasteiger partial charge in [-0.05, 0) is 18.1 Å². The van der Waals surface area contributed by atoms with Crippen LogP contribution < -0.4 is 0 Å². The summed E-state index contributed by atoms with van der Waals surface area (Å²) in [5, 5.41) is 0. The van der Waals surface area contributed by atoms with Crippen molar-refractivity contribution < 1.29 is 13.2 Å². The van der Waals surface area contributed by atoms with Gasteiger partial charge < -0.3 is 0 Å². The van der Waals surface area contributed by atoms with Gasteiger partial charge in [0.05, 0.1) is 0 Å². The molecule has 0 saturated carbocycles. The average molecular weight is 186 g/mol. The summed E-state index contributed by atoms with van der Waals surface area (Å²) >= 11 is 0. The summed E-state index contributed by atoms with van der Waals surface area (Å²) in [6.07, 6.45) is -0.490. The first kappa shape index (κ1) is 8.60. The molecule has 70 valence electrons. The first-order valence-corrected chi connectivity index (χ1v) is 4.10. The molecular weight excluding hydrogens is 177 g/mol. The Morgan fingerprint density at radius 3 is 2.38 bits per heavy atom. The Hall–Kier alpha value is -0.990. The van der Waals surface area contributed by atoms with Crippen LogP contribution in [0.1, 0.15) is 18.1 Å². The van der Waals surface area contributed by atoms with Gasteiger partial charge in [-0.1, -0.05) is 24.3 Å². The average Bonchev–Trinajstić information content (AvgIpc) is 2.20. The highest BCUT2D eigenvalue weighted by Crippen LogP contribution is 2.50. The number of alkyl halides is 3. The highest BCUT2D eigenvalue weighted by molar-refractivity contribution is 5.40. The number of hydrogen-bond donors (Lipinski definition) is 0. The molecule has 1 aliphatic rings. The monoisotopic (exact) mass is 186 g/mol.